The topological polar surface area (TPSA) is 52.9 Å². The summed E-state index contributed by atoms with van der Waals surface area (Å²) >= 11 is 2.14. The van der Waals surface area contributed by atoms with Crippen LogP contribution in [0, 0.1) is 14.9 Å². The molecule has 0 bridgehead atoms. The van der Waals surface area contributed by atoms with E-state index in [4.69, 9.17) is 5.26 Å². The molecule has 0 aliphatic carbocycles. The predicted molar refractivity (Wildman–Crippen MR) is 82.9 cm³/mol. The lowest BCUT2D eigenvalue weighted by molar-refractivity contribution is 0.102. The van der Waals surface area contributed by atoms with Crippen LogP contribution in [0.2, 0.25) is 0 Å². The minimum absolute atomic E-state index is 0.127. The van der Waals surface area contributed by atoms with Crippen molar-refractivity contribution in [2.75, 3.05) is 5.32 Å². The largest absolute Gasteiger partial charge is 0.322 e. The molecule has 2 aromatic carbocycles. The Bertz CT molecular complexity index is 629. The molecule has 0 radical (unpaired) electrons. The summed E-state index contributed by atoms with van der Waals surface area (Å²) in [5.41, 5.74) is 2.32. The van der Waals surface area contributed by atoms with E-state index in [1.807, 2.05) is 30.3 Å². The van der Waals surface area contributed by atoms with Gasteiger partial charge in [-0.1, -0.05) is 24.3 Å². The molecule has 0 unspecified atom stereocenters. The first-order valence-corrected chi connectivity index (χ1v) is 6.80. The third-order valence-corrected chi connectivity index (χ3v) is 3.55. The van der Waals surface area contributed by atoms with Crippen LogP contribution in [0.25, 0.3) is 0 Å². The zero-order chi connectivity index (χ0) is 13.7. The molecule has 0 aliphatic heterocycles. The molecular formula is C15H11IN2O. The van der Waals surface area contributed by atoms with Crippen LogP contribution in [-0.2, 0) is 6.42 Å². The lowest BCUT2D eigenvalue weighted by Gasteiger charge is -2.07. The maximum Gasteiger partial charge on any atom is 0.256 e. The maximum absolute atomic E-state index is 12.1. The van der Waals surface area contributed by atoms with E-state index in [1.165, 1.54) is 0 Å². The van der Waals surface area contributed by atoms with Gasteiger partial charge in [-0.15, -0.1) is 0 Å². The Hall–Kier alpha value is -1.87. The number of hydrogen-bond acceptors (Lipinski definition) is 2. The van der Waals surface area contributed by atoms with Gasteiger partial charge in [0.25, 0.3) is 5.91 Å². The number of hydrogen-bond donors (Lipinski definition) is 1. The molecule has 4 heteroatoms. The van der Waals surface area contributed by atoms with E-state index in [2.05, 4.69) is 34.0 Å². The predicted octanol–water partition coefficient (Wildman–Crippen LogP) is 3.61. The van der Waals surface area contributed by atoms with Crippen LogP contribution >= 0.6 is 22.6 Å². The number of nitriles is 1. The van der Waals surface area contributed by atoms with Crippen molar-refractivity contribution < 1.29 is 4.79 Å². The minimum atomic E-state index is -0.127. The second-order valence-electron chi connectivity index (χ2n) is 3.97. The fourth-order valence-corrected chi connectivity index (χ4v) is 2.27. The first-order valence-electron chi connectivity index (χ1n) is 5.72. The molecular weight excluding hydrogens is 351 g/mol. The van der Waals surface area contributed by atoms with Gasteiger partial charge in [0.1, 0.15) is 0 Å². The van der Waals surface area contributed by atoms with Crippen molar-refractivity contribution in [3.05, 3.63) is 63.2 Å². The highest BCUT2D eigenvalue weighted by Gasteiger charge is 2.09. The number of carbonyl (C=O) groups is 1. The van der Waals surface area contributed by atoms with E-state index >= 15 is 0 Å². The highest BCUT2D eigenvalue weighted by molar-refractivity contribution is 14.1. The van der Waals surface area contributed by atoms with Gasteiger partial charge in [0.2, 0.25) is 0 Å². The van der Waals surface area contributed by atoms with Crippen LogP contribution in [0.5, 0.6) is 0 Å². The first kappa shape index (κ1) is 13.6. The molecule has 0 fully saturated rings. The second kappa shape index (κ2) is 6.34. The molecule has 0 saturated heterocycles. The fourth-order valence-electron chi connectivity index (χ4n) is 1.64. The van der Waals surface area contributed by atoms with E-state index in [0.29, 0.717) is 12.0 Å². The summed E-state index contributed by atoms with van der Waals surface area (Å²) in [4.78, 5) is 12.1. The van der Waals surface area contributed by atoms with Crippen molar-refractivity contribution in [1.29, 1.82) is 5.26 Å². The van der Waals surface area contributed by atoms with E-state index in [1.54, 1.807) is 18.2 Å². The van der Waals surface area contributed by atoms with E-state index in [0.717, 1.165) is 14.8 Å². The number of nitrogens with one attached hydrogen (secondary N) is 1. The summed E-state index contributed by atoms with van der Waals surface area (Å²) in [6.45, 7) is 0. The Morgan fingerprint density at radius 3 is 2.47 bits per heavy atom. The van der Waals surface area contributed by atoms with E-state index < -0.39 is 0 Å². The molecule has 94 valence electrons. The van der Waals surface area contributed by atoms with E-state index in [9.17, 15) is 4.79 Å². The smallest absolute Gasteiger partial charge is 0.256 e. The van der Waals surface area contributed by atoms with Gasteiger partial charge in [-0.2, -0.15) is 5.26 Å². The van der Waals surface area contributed by atoms with E-state index in [-0.39, 0.29) is 5.91 Å². The third kappa shape index (κ3) is 3.55. The summed E-state index contributed by atoms with van der Waals surface area (Å²) in [7, 11) is 0. The van der Waals surface area contributed by atoms with Gasteiger partial charge in [0.05, 0.1) is 18.1 Å². The van der Waals surface area contributed by atoms with Crippen LogP contribution < -0.4 is 5.32 Å². The van der Waals surface area contributed by atoms with Crippen LogP contribution in [0.1, 0.15) is 15.9 Å². The number of anilines is 1. The Balaban J connectivity index is 2.11. The molecule has 1 amide bonds. The summed E-state index contributed by atoms with van der Waals surface area (Å²) in [6, 6.07) is 16.8. The Labute approximate surface area is 125 Å². The summed E-state index contributed by atoms with van der Waals surface area (Å²) in [6.07, 6.45) is 0.380. The molecule has 1 N–H and O–H groups in total. The molecule has 0 spiro atoms. The van der Waals surface area contributed by atoms with Gasteiger partial charge >= 0.3 is 0 Å². The number of benzene rings is 2. The van der Waals surface area contributed by atoms with Crippen LogP contribution in [-0.4, -0.2) is 5.91 Å². The molecule has 19 heavy (non-hydrogen) atoms. The molecule has 2 aromatic rings. The van der Waals surface area contributed by atoms with Crippen LogP contribution in [0.4, 0.5) is 5.69 Å². The van der Waals surface area contributed by atoms with Crippen molar-refractivity contribution in [3.63, 3.8) is 0 Å². The van der Waals surface area contributed by atoms with Gasteiger partial charge in [-0.05, 0) is 52.4 Å². The highest BCUT2D eigenvalue weighted by atomic mass is 127. The summed E-state index contributed by atoms with van der Waals surface area (Å²) in [5, 5.41) is 11.4. The number of nitrogens with zero attached hydrogens (tertiary/aromatic N) is 1. The van der Waals surface area contributed by atoms with Gasteiger partial charge in [-0.25, -0.2) is 0 Å². The Morgan fingerprint density at radius 1 is 1.16 bits per heavy atom. The fraction of sp³-hybridized carbons (Fsp3) is 0.0667. The van der Waals surface area contributed by atoms with Crippen molar-refractivity contribution in [2.24, 2.45) is 0 Å². The van der Waals surface area contributed by atoms with Crippen LogP contribution in [0.3, 0.4) is 0 Å². The first-order chi connectivity index (χ1) is 9.20. The molecule has 0 heterocycles. The van der Waals surface area contributed by atoms with Gasteiger partial charge < -0.3 is 5.32 Å². The molecule has 0 atom stereocenters. The minimum Gasteiger partial charge on any atom is -0.322 e. The lowest BCUT2D eigenvalue weighted by atomic mass is 10.1. The lowest BCUT2D eigenvalue weighted by Crippen LogP contribution is -2.13. The van der Waals surface area contributed by atoms with Crippen molar-refractivity contribution in [2.45, 2.75) is 6.42 Å². The molecule has 3 nitrogen and oxygen atoms in total. The number of carbonyl (C=O) groups excluding carboxylic acids is 1. The van der Waals surface area contributed by atoms with Crippen LogP contribution in [0.15, 0.2) is 48.5 Å². The zero-order valence-corrected chi connectivity index (χ0v) is 12.2. The molecule has 2 rings (SSSR count). The zero-order valence-electron chi connectivity index (χ0n) is 10.1. The molecule has 0 saturated carbocycles. The summed E-state index contributed by atoms with van der Waals surface area (Å²) < 4.78 is 0.915. The molecule has 0 aliphatic rings. The van der Waals surface area contributed by atoms with Gasteiger partial charge in [0, 0.05) is 9.26 Å². The number of rotatable bonds is 3. The van der Waals surface area contributed by atoms with Crippen molar-refractivity contribution >= 4 is 34.2 Å². The second-order valence-corrected chi connectivity index (χ2v) is 5.13. The summed E-state index contributed by atoms with van der Waals surface area (Å²) in [5.74, 6) is -0.127. The van der Waals surface area contributed by atoms with Crippen molar-refractivity contribution in [1.82, 2.24) is 0 Å². The Morgan fingerprint density at radius 2 is 1.84 bits per heavy atom. The quantitative estimate of drug-likeness (QED) is 0.849. The third-order valence-electron chi connectivity index (χ3n) is 2.61. The normalized spacial score (nSPS) is 9.68. The number of amides is 1. The average Bonchev–Trinajstić information content (AvgIpc) is 2.42. The Kier molecular flexibility index (Phi) is 4.53. The SMILES string of the molecule is N#CCc1ccc(NC(=O)c2ccccc2I)cc1. The number of halogens is 1. The van der Waals surface area contributed by atoms with Crippen molar-refractivity contribution in [3.8, 4) is 6.07 Å². The van der Waals surface area contributed by atoms with Gasteiger partial charge in [0.15, 0.2) is 0 Å². The maximum atomic E-state index is 12.1. The highest BCUT2D eigenvalue weighted by Crippen LogP contribution is 2.15. The average molecular weight is 362 g/mol. The van der Waals surface area contributed by atoms with Gasteiger partial charge in [-0.3, -0.25) is 4.79 Å². The molecule has 0 aromatic heterocycles. The monoisotopic (exact) mass is 362 g/mol. The standard InChI is InChI=1S/C15H11IN2O/c16-14-4-2-1-3-13(14)15(19)18-12-7-5-11(6-8-12)9-10-17/h1-8H,9H2,(H,18,19).